The van der Waals surface area contributed by atoms with Gasteiger partial charge < -0.3 is 5.32 Å². The number of rotatable bonds is 1. The van der Waals surface area contributed by atoms with E-state index in [0.717, 1.165) is 16.7 Å². The van der Waals surface area contributed by atoms with E-state index in [0.29, 0.717) is 13.0 Å². The van der Waals surface area contributed by atoms with Crippen molar-refractivity contribution in [3.05, 3.63) is 40.7 Å². The van der Waals surface area contributed by atoms with Gasteiger partial charge in [0.1, 0.15) is 0 Å². The average Bonchev–Trinajstić information content (AvgIpc) is 2.80. The molecule has 1 aromatic carbocycles. The Labute approximate surface area is 120 Å². The van der Waals surface area contributed by atoms with Crippen LogP contribution in [0.2, 0.25) is 0 Å². The third-order valence-electron chi connectivity index (χ3n) is 3.51. The summed E-state index contributed by atoms with van der Waals surface area (Å²) >= 11 is 0. The van der Waals surface area contributed by atoms with Crippen molar-refractivity contribution >= 4 is 5.95 Å². The molecule has 0 saturated heterocycles. The van der Waals surface area contributed by atoms with Crippen molar-refractivity contribution in [1.29, 1.82) is 0 Å². The Kier molecular flexibility index (Phi) is 3.15. The number of halogens is 3. The predicted octanol–water partition coefficient (Wildman–Crippen LogP) is 3.32. The largest absolute Gasteiger partial charge is 0.453 e. The van der Waals surface area contributed by atoms with Crippen molar-refractivity contribution < 1.29 is 13.2 Å². The molecule has 1 aromatic heterocycles. The lowest BCUT2D eigenvalue weighted by Crippen LogP contribution is -2.25. The van der Waals surface area contributed by atoms with Gasteiger partial charge in [0.05, 0.1) is 6.04 Å². The molecule has 4 nitrogen and oxygen atoms in total. The molecule has 0 saturated carbocycles. The highest BCUT2D eigenvalue weighted by atomic mass is 19.4. The van der Waals surface area contributed by atoms with Gasteiger partial charge in [0, 0.05) is 6.54 Å². The lowest BCUT2D eigenvalue weighted by Gasteiger charge is -2.25. The Morgan fingerprint density at radius 2 is 1.86 bits per heavy atom. The van der Waals surface area contributed by atoms with E-state index in [1.54, 1.807) is 0 Å². The molecule has 21 heavy (non-hydrogen) atoms. The molecule has 0 amide bonds. The van der Waals surface area contributed by atoms with Crippen LogP contribution in [0.1, 0.15) is 35.0 Å². The first-order valence-electron chi connectivity index (χ1n) is 6.70. The Bertz CT molecular complexity index is 655. The van der Waals surface area contributed by atoms with E-state index in [1.807, 2.05) is 32.0 Å². The highest BCUT2D eigenvalue weighted by molar-refractivity contribution is 5.36. The molecule has 0 aliphatic carbocycles. The first-order chi connectivity index (χ1) is 9.84. The van der Waals surface area contributed by atoms with E-state index in [9.17, 15) is 13.2 Å². The summed E-state index contributed by atoms with van der Waals surface area (Å²) in [6.07, 6.45) is -3.85. The third kappa shape index (κ3) is 2.59. The highest BCUT2D eigenvalue weighted by Gasteiger charge is 2.38. The van der Waals surface area contributed by atoms with Crippen LogP contribution >= 0.6 is 0 Å². The van der Waals surface area contributed by atoms with Crippen LogP contribution in [0.15, 0.2) is 18.2 Å². The zero-order valence-corrected chi connectivity index (χ0v) is 11.7. The fraction of sp³-hybridized carbons (Fsp3) is 0.429. The predicted molar refractivity (Wildman–Crippen MR) is 72.2 cm³/mol. The van der Waals surface area contributed by atoms with Crippen LogP contribution in [0.4, 0.5) is 19.1 Å². The normalized spacial score (nSPS) is 18.2. The van der Waals surface area contributed by atoms with E-state index in [1.165, 1.54) is 4.68 Å². The molecular formula is C14H15F3N4. The summed E-state index contributed by atoms with van der Waals surface area (Å²) in [5.74, 6) is -0.918. The van der Waals surface area contributed by atoms with Gasteiger partial charge in [-0.1, -0.05) is 29.3 Å². The SMILES string of the molecule is Cc1cc(C)cc(C2CCNc3nc(C(F)(F)F)nn32)c1. The van der Waals surface area contributed by atoms with E-state index < -0.39 is 12.0 Å². The van der Waals surface area contributed by atoms with Crippen molar-refractivity contribution in [3.8, 4) is 0 Å². The quantitative estimate of drug-likeness (QED) is 0.878. The van der Waals surface area contributed by atoms with Gasteiger partial charge >= 0.3 is 6.18 Å². The van der Waals surface area contributed by atoms with Gasteiger partial charge in [-0.15, -0.1) is 5.10 Å². The van der Waals surface area contributed by atoms with Crippen LogP contribution in [0.25, 0.3) is 0 Å². The number of aryl methyl sites for hydroxylation is 2. The maximum atomic E-state index is 12.8. The topological polar surface area (TPSA) is 42.7 Å². The molecule has 1 atom stereocenters. The van der Waals surface area contributed by atoms with Gasteiger partial charge in [-0.2, -0.15) is 18.2 Å². The van der Waals surface area contributed by atoms with Crippen LogP contribution in [0.3, 0.4) is 0 Å². The number of fused-ring (bicyclic) bond motifs is 1. The summed E-state index contributed by atoms with van der Waals surface area (Å²) in [6, 6.07) is 5.79. The number of hydrogen-bond donors (Lipinski definition) is 1. The standard InChI is InChI=1S/C14H15F3N4/c1-8-5-9(2)7-10(6-8)11-3-4-18-13-19-12(14(15,16)17)20-21(11)13/h5-7,11H,3-4H2,1-2H3,(H,18,19,20). The fourth-order valence-corrected chi connectivity index (χ4v) is 2.73. The number of aromatic nitrogens is 3. The Morgan fingerprint density at radius 1 is 1.19 bits per heavy atom. The summed E-state index contributed by atoms with van der Waals surface area (Å²) in [5.41, 5.74) is 3.14. The van der Waals surface area contributed by atoms with E-state index >= 15 is 0 Å². The highest BCUT2D eigenvalue weighted by Crippen LogP contribution is 2.33. The molecule has 0 bridgehead atoms. The van der Waals surface area contributed by atoms with Gasteiger partial charge in [-0.3, -0.25) is 0 Å². The van der Waals surface area contributed by atoms with Gasteiger partial charge in [-0.05, 0) is 25.8 Å². The van der Waals surface area contributed by atoms with Crippen LogP contribution in [0.5, 0.6) is 0 Å². The molecule has 0 fully saturated rings. The molecule has 112 valence electrons. The molecule has 1 aliphatic rings. The minimum absolute atomic E-state index is 0.178. The summed E-state index contributed by atoms with van der Waals surface area (Å²) in [6.45, 7) is 4.52. The number of benzene rings is 1. The van der Waals surface area contributed by atoms with Gasteiger partial charge in [0.2, 0.25) is 5.95 Å². The molecule has 2 aromatic rings. The smallest absolute Gasteiger partial charge is 0.354 e. The van der Waals surface area contributed by atoms with Crippen LogP contribution < -0.4 is 5.32 Å². The van der Waals surface area contributed by atoms with Gasteiger partial charge in [0.15, 0.2) is 0 Å². The Hall–Kier alpha value is -2.05. The molecule has 7 heteroatoms. The van der Waals surface area contributed by atoms with Crippen molar-refractivity contribution in [2.75, 3.05) is 11.9 Å². The number of nitrogens with one attached hydrogen (secondary N) is 1. The Morgan fingerprint density at radius 3 is 2.48 bits per heavy atom. The lowest BCUT2D eigenvalue weighted by molar-refractivity contribution is -0.145. The first kappa shape index (κ1) is 13.9. The molecule has 2 heterocycles. The van der Waals surface area contributed by atoms with Gasteiger partial charge in [0.25, 0.3) is 5.82 Å². The maximum Gasteiger partial charge on any atom is 0.453 e. The minimum Gasteiger partial charge on any atom is -0.354 e. The zero-order chi connectivity index (χ0) is 15.2. The van der Waals surface area contributed by atoms with Crippen molar-refractivity contribution in [3.63, 3.8) is 0 Å². The number of alkyl halides is 3. The van der Waals surface area contributed by atoms with Crippen molar-refractivity contribution in [2.45, 2.75) is 32.5 Å². The van der Waals surface area contributed by atoms with Gasteiger partial charge in [-0.25, -0.2) is 4.68 Å². The summed E-state index contributed by atoms with van der Waals surface area (Å²) < 4.78 is 39.6. The maximum absolute atomic E-state index is 12.8. The lowest BCUT2D eigenvalue weighted by atomic mass is 9.98. The van der Waals surface area contributed by atoms with Crippen LogP contribution in [-0.4, -0.2) is 21.3 Å². The van der Waals surface area contributed by atoms with E-state index in [-0.39, 0.29) is 12.0 Å². The second kappa shape index (κ2) is 4.75. The second-order valence-electron chi connectivity index (χ2n) is 5.35. The zero-order valence-electron chi connectivity index (χ0n) is 11.7. The van der Waals surface area contributed by atoms with Crippen molar-refractivity contribution in [2.24, 2.45) is 0 Å². The third-order valence-corrected chi connectivity index (χ3v) is 3.51. The number of anilines is 1. The van der Waals surface area contributed by atoms with E-state index in [2.05, 4.69) is 15.4 Å². The molecule has 1 unspecified atom stereocenters. The number of nitrogens with zero attached hydrogens (tertiary/aromatic N) is 3. The summed E-state index contributed by atoms with van der Waals surface area (Å²) in [7, 11) is 0. The van der Waals surface area contributed by atoms with Crippen LogP contribution in [0, 0.1) is 13.8 Å². The molecular weight excluding hydrogens is 281 g/mol. The Balaban J connectivity index is 2.06. The first-order valence-corrected chi connectivity index (χ1v) is 6.70. The van der Waals surface area contributed by atoms with Crippen LogP contribution in [-0.2, 0) is 6.18 Å². The average molecular weight is 296 g/mol. The monoisotopic (exact) mass is 296 g/mol. The van der Waals surface area contributed by atoms with E-state index in [4.69, 9.17) is 0 Å². The molecule has 1 aliphatic heterocycles. The molecule has 0 radical (unpaired) electrons. The van der Waals surface area contributed by atoms with Crippen molar-refractivity contribution in [1.82, 2.24) is 14.8 Å². The fourth-order valence-electron chi connectivity index (χ4n) is 2.73. The molecule has 1 N–H and O–H groups in total. The minimum atomic E-state index is -4.53. The summed E-state index contributed by atoms with van der Waals surface area (Å²) in [5, 5.41) is 6.53. The summed E-state index contributed by atoms with van der Waals surface area (Å²) in [4.78, 5) is 3.56. The molecule has 3 rings (SSSR count). The molecule has 0 spiro atoms. The second-order valence-corrected chi connectivity index (χ2v) is 5.35. The number of hydrogen-bond acceptors (Lipinski definition) is 3.